The SMILES string of the molecule is CC1CN(Cc2cn(C)nc2-c2ccc(F)cc2)CC(=O)N1C. The molecule has 1 saturated heterocycles. The van der Waals surface area contributed by atoms with E-state index in [-0.39, 0.29) is 17.8 Å². The number of carbonyl (C=O) groups is 1. The zero-order valence-electron chi connectivity index (χ0n) is 13.7. The van der Waals surface area contributed by atoms with E-state index in [0.717, 1.165) is 23.4 Å². The van der Waals surface area contributed by atoms with Crippen LogP contribution in [0.3, 0.4) is 0 Å². The van der Waals surface area contributed by atoms with Crippen molar-refractivity contribution in [1.29, 1.82) is 0 Å². The largest absolute Gasteiger partial charge is 0.341 e. The van der Waals surface area contributed by atoms with E-state index in [1.165, 1.54) is 12.1 Å². The molecule has 1 unspecified atom stereocenters. The lowest BCUT2D eigenvalue weighted by molar-refractivity contribution is -0.137. The van der Waals surface area contributed by atoms with Crippen molar-refractivity contribution in [2.24, 2.45) is 7.05 Å². The van der Waals surface area contributed by atoms with Gasteiger partial charge in [-0.2, -0.15) is 5.10 Å². The summed E-state index contributed by atoms with van der Waals surface area (Å²) in [7, 11) is 3.71. The number of nitrogens with zero attached hydrogens (tertiary/aromatic N) is 4. The zero-order valence-corrected chi connectivity index (χ0v) is 13.7. The molecule has 0 spiro atoms. The van der Waals surface area contributed by atoms with E-state index in [4.69, 9.17) is 0 Å². The molecule has 23 heavy (non-hydrogen) atoms. The number of hydrogen-bond acceptors (Lipinski definition) is 3. The first-order valence-electron chi connectivity index (χ1n) is 7.70. The average Bonchev–Trinajstić information content (AvgIpc) is 2.86. The Kier molecular flexibility index (Phi) is 4.17. The molecule has 1 atom stereocenters. The molecular formula is C17H21FN4O. The molecule has 0 saturated carbocycles. The molecule has 6 heteroatoms. The summed E-state index contributed by atoms with van der Waals surface area (Å²) in [5.41, 5.74) is 2.77. The summed E-state index contributed by atoms with van der Waals surface area (Å²) in [6, 6.07) is 6.55. The van der Waals surface area contributed by atoms with E-state index in [1.807, 2.05) is 27.2 Å². The summed E-state index contributed by atoms with van der Waals surface area (Å²) >= 11 is 0. The number of carbonyl (C=O) groups excluding carboxylic acids is 1. The van der Waals surface area contributed by atoms with E-state index >= 15 is 0 Å². The van der Waals surface area contributed by atoms with E-state index < -0.39 is 0 Å². The number of aryl methyl sites for hydroxylation is 1. The molecule has 3 rings (SSSR count). The van der Waals surface area contributed by atoms with Gasteiger partial charge in [0.15, 0.2) is 0 Å². The van der Waals surface area contributed by atoms with Crippen LogP contribution in [0.25, 0.3) is 11.3 Å². The van der Waals surface area contributed by atoms with Crippen LogP contribution in [0.4, 0.5) is 4.39 Å². The van der Waals surface area contributed by atoms with Crippen molar-refractivity contribution in [1.82, 2.24) is 19.6 Å². The van der Waals surface area contributed by atoms with Gasteiger partial charge >= 0.3 is 0 Å². The summed E-state index contributed by atoms with van der Waals surface area (Å²) in [5, 5.41) is 4.50. The van der Waals surface area contributed by atoms with Gasteiger partial charge in [0.05, 0.1) is 12.2 Å². The van der Waals surface area contributed by atoms with Gasteiger partial charge in [-0.1, -0.05) is 0 Å². The number of amides is 1. The lowest BCUT2D eigenvalue weighted by Crippen LogP contribution is -2.53. The molecule has 0 radical (unpaired) electrons. The average molecular weight is 316 g/mol. The maximum Gasteiger partial charge on any atom is 0.236 e. The molecule has 0 bridgehead atoms. The minimum absolute atomic E-state index is 0.135. The first kappa shape index (κ1) is 15.7. The molecule has 1 amide bonds. The summed E-state index contributed by atoms with van der Waals surface area (Å²) in [4.78, 5) is 16.0. The van der Waals surface area contributed by atoms with Gasteiger partial charge in [0.25, 0.3) is 0 Å². The zero-order chi connectivity index (χ0) is 16.6. The van der Waals surface area contributed by atoms with Crippen LogP contribution >= 0.6 is 0 Å². The Balaban J connectivity index is 1.84. The fraction of sp³-hybridized carbons (Fsp3) is 0.412. The summed E-state index contributed by atoms with van der Waals surface area (Å²) < 4.78 is 14.9. The summed E-state index contributed by atoms with van der Waals surface area (Å²) in [6.45, 7) is 3.96. The minimum Gasteiger partial charge on any atom is -0.341 e. The van der Waals surface area contributed by atoms with E-state index in [9.17, 15) is 9.18 Å². The van der Waals surface area contributed by atoms with Crippen molar-refractivity contribution in [3.05, 3.63) is 41.8 Å². The van der Waals surface area contributed by atoms with Gasteiger partial charge in [0.2, 0.25) is 5.91 Å². The third-order valence-electron chi connectivity index (χ3n) is 4.35. The van der Waals surface area contributed by atoms with E-state index in [0.29, 0.717) is 13.1 Å². The maximum atomic E-state index is 13.1. The van der Waals surface area contributed by atoms with Crippen LogP contribution in [-0.2, 0) is 18.4 Å². The number of halogens is 1. The first-order valence-corrected chi connectivity index (χ1v) is 7.70. The van der Waals surface area contributed by atoms with Crippen molar-refractivity contribution in [3.63, 3.8) is 0 Å². The monoisotopic (exact) mass is 316 g/mol. The summed E-state index contributed by atoms with van der Waals surface area (Å²) in [5.74, 6) is -0.124. The molecule has 0 aliphatic carbocycles. The van der Waals surface area contributed by atoms with Crippen molar-refractivity contribution in [2.75, 3.05) is 20.1 Å². The molecule has 2 heterocycles. The Morgan fingerprint density at radius 2 is 1.96 bits per heavy atom. The second-order valence-electron chi connectivity index (χ2n) is 6.21. The predicted molar refractivity (Wildman–Crippen MR) is 86.1 cm³/mol. The summed E-state index contributed by atoms with van der Waals surface area (Å²) in [6.07, 6.45) is 1.96. The quantitative estimate of drug-likeness (QED) is 0.868. The van der Waals surface area contributed by atoms with Gasteiger partial charge in [-0.3, -0.25) is 14.4 Å². The van der Waals surface area contributed by atoms with Crippen molar-refractivity contribution in [3.8, 4) is 11.3 Å². The normalized spacial score (nSPS) is 19.4. The highest BCUT2D eigenvalue weighted by molar-refractivity contribution is 5.79. The van der Waals surface area contributed by atoms with Crippen LogP contribution in [0.2, 0.25) is 0 Å². The third kappa shape index (κ3) is 3.27. The van der Waals surface area contributed by atoms with Gasteiger partial charge in [-0.05, 0) is 31.2 Å². The van der Waals surface area contributed by atoms with Crippen LogP contribution < -0.4 is 0 Å². The number of benzene rings is 1. The van der Waals surface area contributed by atoms with Crippen molar-refractivity contribution >= 4 is 5.91 Å². The molecule has 1 aromatic heterocycles. The van der Waals surface area contributed by atoms with Gasteiger partial charge in [0.1, 0.15) is 5.82 Å². The Labute approximate surface area is 135 Å². The van der Waals surface area contributed by atoms with Crippen LogP contribution in [0.5, 0.6) is 0 Å². The van der Waals surface area contributed by atoms with E-state index in [1.54, 1.807) is 21.7 Å². The predicted octanol–water partition coefficient (Wildman–Crippen LogP) is 1.89. The minimum atomic E-state index is -0.260. The standard InChI is InChI=1S/C17H21FN4O/c1-12-8-22(11-16(23)21(12)3)10-14-9-20(2)19-17(14)13-4-6-15(18)7-5-13/h4-7,9,12H,8,10-11H2,1-3H3. The highest BCUT2D eigenvalue weighted by atomic mass is 19.1. The van der Waals surface area contributed by atoms with Gasteiger partial charge < -0.3 is 4.90 Å². The number of aromatic nitrogens is 2. The molecule has 1 aliphatic heterocycles. The molecule has 5 nitrogen and oxygen atoms in total. The molecular weight excluding hydrogens is 295 g/mol. The fourth-order valence-electron chi connectivity index (χ4n) is 2.97. The second-order valence-corrected chi connectivity index (χ2v) is 6.21. The molecule has 1 aromatic carbocycles. The molecule has 2 aromatic rings. The first-order chi connectivity index (χ1) is 10.9. The maximum absolute atomic E-state index is 13.1. The molecule has 122 valence electrons. The van der Waals surface area contributed by atoms with Crippen molar-refractivity contribution in [2.45, 2.75) is 19.5 Å². The van der Waals surface area contributed by atoms with E-state index in [2.05, 4.69) is 10.00 Å². The lowest BCUT2D eigenvalue weighted by atomic mass is 10.1. The third-order valence-corrected chi connectivity index (χ3v) is 4.35. The van der Waals surface area contributed by atoms with Gasteiger partial charge in [0, 0.05) is 50.6 Å². The van der Waals surface area contributed by atoms with Crippen molar-refractivity contribution < 1.29 is 9.18 Å². The Morgan fingerprint density at radius 1 is 1.26 bits per heavy atom. The molecule has 0 N–H and O–H groups in total. The Morgan fingerprint density at radius 3 is 2.61 bits per heavy atom. The topological polar surface area (TPSA) is 41.4 Å². The highest BCUT2D eigenvalue weighted by Gasteiger charge is 2.27. The van der Waals surface area contributed by atoms with Crippen LogP contribution in [0.1, 0.15) is 12.5 Å². The van der Waals surface area contributed by atoms with Crippen LogP contribution in [0, 0.1) is 5.82 Å². The number of likely N-dealkylation sites (N-methyl/N-ethyl adjacent to an activating group) is 1. The number of rotatable bonds is 3. The van der Waals surface area contributed by atoms with Gasteiger partial charge in [-0.15, -0.1) is 0 Å². The second kappa shape index (κ2) is 6.12. The molecule has 1 aliphatic rings. The number of piperazine rings is 1. The Bertz CT molecular complexity index is 710. The molecule has 1 fully saturated rings. The van der Waals surface area contributed by atoms with Crippen LogP contribution in [-0.4, -0.2) is 51.7 Å². The number of hydrogen-bond donors (Lipinski definition) is 0. The van der Waals surface area contributed by atoms with Gasteiger partial charge in [-0.25, -0.2) is 4.39 Å². The highest BCUT2D eigenvalue weighted by Crippen LogP contribution is 2.24. The fourth-order valence-corrected chi connectivity index (χ4v) is 2.97. The lowest BCUT2D eigenvalue weighted by Gasteiger charge is -2.37. The Hall–Kier alpha value is -2.21. The van der Waals surface area contributed by atoms with Crippen LogP contribution in [0.15, 0.2) is 30.5 Å². The smallest absolute Gasteiger partial charge is 0.236 e.